The topological polar surface area (TPSA) is 16.8 Å². The number of nitrogens with zero attached hydrogens (tertiary/aromatic N) is 2. The van der Waals surface area contributed by atoms with Crippen molar-refractivity contribution >= 4 is 0 Å². The zero-order valence-electron chi connectivity index (χ0n) is 11.7. The molecule has 20 heavy (non-hydrogen) atoms. The molecule has 0 saturated heterocycles. The third-order valence-electron chi connectivity index (χ3n) is 3.57. The maximum absolute atomic E-state index is 4.06. The van der Waals surface area contributed by atoms with Crippen LogP contribution in [-0.2, 0) is 7.05 Å². The highest BCUT2D eigenvalue weighted by atomic mass is 14.9. The minimum Gasteiger partial charge on any atom is -0.265 e. The Labute approximate surface area is 119 Å². The van der Waals surface area contributed by atoms with Gasteiger partial charge in [0.1, 0.15) is 7.05 Å². The Bertz CT molecular complexity index is 733. The lowest BCUT2D eigenvalue weighted by Gasteiger charge is -2.06. The van der Waals surface area contributed by atoms with Crippen LogP contribution in [0.3, 0.4) is 0 Å². The van der Waals surface area contributed by atoms with E-state index in [9.17, 15) is 0 Å². The van der Waals surface area contributed by atoms with Gasteiger partial charge in [0.15, 0.2) is 6.20 Å². The summed E-state index contributed by atoms with van der Waals surface area (Å²) in [5.41, 5.74) is 6.18. The van der Waals surface area contributed by atoms with Gasteiger partial charge < -0.3 is 0 Å². The van der Waals surface area contributed by atoms with E-state index >= 15 is 0 Å². The van der Waals surface area contributed by atoms with E-state index in [0.29, 0.717) is 0 Å². The average Bonchev–Trinajstić information content (AvgIpc) is 2.49. The summed E-state index contributed by atoms with van der Waals surface area (Å²) in [5, 5.41) is 0. The summed E-state index contributed by atoms with van der Waals surface area (Å²) >= 11 is 0. The van der Waals surface area contributed by atoms with Gasteiger partial charge in [-0.3, -0.25) is 4.98 Å². The monoisotopic (exact) mass is 261 g/mol. The van der Waals surface area contributed by atoms with Crippen LogP contribution in [0, 0.1) is 6.92 Å². The van der Waals surface area contributed by atoms with Crippen molar-refractivity contribution in [2.45, 2.75) is 6.92 Å². The van der Waals surface area contributed by atoms with E-state index in [-0.39, 0.29) is 0 Å². The first-order valence-corrected chi connectivity index (χ1v) is 6.72. The number of pyridine rings is 2. The van der Waals surface area contributed by atoms with Crippen LogP contribution in [0.25, 0.3) is 22.4 Å². The van der Waals surface area contributed by atoms with Crippen LogP contribution < -0.4 is 4.57 Å². The molecule has 0 fully saturated rings. The van der Waals surface area contributed by atoms with Crippen LogP contribution in [0.4, 0.5) is 0 Å². The Morgan fingerprint density at radius 3 is 2.30 bits per heavy atom. The summed E-state index contributed by atoms with van der Waals surface area (Å²) in [7, 11) is 2.09. The van der Waals surface area contributed by atoms with Gasteiger partial charge in [0.25, 0.3) is 0 Å². The lowest BCUT2D eigenvalue weighted by molar-refractivity contribution is -0.659. The van der Waals surface area contributed by atoms with Crippen molar-refractivity contribution in [2.24, 2.45) is 7.05 Å². The van der Waals surface area contributed by atoms with E-state index in [0.717, 1.165) is 0 Å². The molecule has 0 spiro atoms. The lowest BCUT2D eigenvalue weighted by Crippen LogP contribution is -2.30. The largest absolute Gasteiger partial charge is 0.265 e. The summed E-state index contributed by atoms with van der Waals surface area (Å²) in [4.78, 5) is 4.06. The first kappa shape index (κ1) is 12.5. The van der Waals surface area contributed by atoms with Crippen molar-refractivity contribution in [1.29, 1.82) is 0 Å². The summed E-state index contributed by atoms with van der Waals surface area (Å²) < 4.78 is 2.18. The summed E-state index contributed by atoms with van der Waals surface area (Å²) in [6.45, 7) is 2.14. The maximum atomic E-state index is 4.06. The van der Waals surface area contributed by atoms with Gasteiger partial charge >= 0.3 is 0 Å². The molecule has 0 aliphatic carbocycles. The quantitative estimate of drug-likeness (QED) is 0.645. The van der Waals surface area contributed by atoms with Crippen molar-refractivity contribution in [3.05, 3.63) is 72.7 Å². The Kier molecular flexibility index (Phi) is 3.30. The molecule has 0 saturated carbocycles. The van der Waals surface area contributed by atoms with Crippen LogP contribution in [-0.4, -0.2) is 4.98 Å². The number of hydrogen-bond donors (Lipinski definition) is 0. The van der Waals surface area contributed by atoms with E-state index in [1.165, 1.54) is 27.9 Å². The van der Waals surface area contributed by atoms with Crippen LogP contribution in [0.15, 0.2) is 67.1 Å². The van der Waals surface area contributed by atoms with Gasteiger partial charge in [-0.05, 0) is 42.3 Å². The van der Waals surface area contributed by atoms with Crippen molar-refractivity contribution in [2.75, 3.05) is 0 Å². The number of rotatable bonds is 2. The van der Waals surface area contributed by atoms with Gasteiger partial charge in [0, 0.05) is 29.6 Å². The van der Waals surface area contributed by atoms with Gasteiger partial charge in [-0.2, -0.15) is 0 Å². The van der Waals surface area contributed by atoms with Crippen molar-refractivity contribution < 1.29 is 4.57 Å². The number of benzene rings is 1. The molecule has 0 aliphatic rings. The minimum atomic E-state index is 1.19. The molecular formula is C18H17N2+. The molecule has 0 aliphatic heterocycles. The molecule has 0 N–H and O–H groups in total. The molecule has 0 unspecified atom stereocenters. The molecule has 0 bridgehead atoms. The third kappa shape index (κ3) is 2.32. The molecule has 1 aromatic carbocycles. The number of aryl methyl sites for hydroxylation is 2. The summed E-state index contributed by atoms with van der Waals surface area (Å²) in [6, 6.07) is 16.9. The molecule has 2 heterocycles. The molecule has 98 valence electrons. The molecule has 2 heteroatoms. The van der Waals surface area contributed by atoms with Gasteiger partial charge in [0.2, 0.25) is 5.69 Å². The zero-order chi connectivity index (χ0) is 13.9. The second kappa shape index (κ2) is 5.25. The second-order valence-electron chi connectivity index (χ2n) is 4.96. The average molecular weight is 261 g/mol. The minimum absolute atomic E-state index is 1.19. The molecule has 3 rings (SSSR count). The standard InChI is InChI=1S/C18H17N2/c1-14-5-3-4-6-17(14)18-8-7-16(13-20(18)2)15-9-11-19-12-10-15/h3-13H,1-2H3/q+1. The van der Waals surface area contributed by atoms with E-state index in [4.69, 9.17) is 0 Å². The van der Waals surface area contributed by atoms with Crippen molar-refractivity contribution in [1.82, 2.24) is 4.98 Å². The Morgan fingerprint density at radius 1 is 0.850 bits per heavy atom. The molecule has 2 nitrogen and oxygen atoms in total. The predicted molar refractivity (Wildman–Crippen MR) is 81.0 cm³/mol. The first-order valence-electron chi connectivity index (χ1n) is 6.72. The molecule has 0 amide bonds. The van der Waals surface area contributed by atoms with E-state index in [1.54, 1.807) is 0 Å². The van der Waals surface area contributed by atoms with Crippen LogP contribution in [0.5, 0.6) is 0 Å². The van der Waals surface area contributed by atoms with Crippen molar-refractivity contribution in [3.63, 3.8) is 0 Å². The second-order valence-corrected chi connectivity index (χ2v) is 4.96. The maximum Gasteiger partial charge on any atom is 0.212 e. The Morgan fingerprint density at radius 2 is 1.60 bits per heavy atom. The highest BCUT2D eigenvalue weighted by Gasteiger charge is 2.13. The smallest absolute Gasteiger partial charge is 0.212 e. The van der Waals surface area contributed by atoms with Crippen LogP contribution >= 0.6 is 0 Å². The SMILES string of the molecule is Cc1ccccc1-c1ccc(-c2ccncc2)c[n+]1C. The summed E-state index contributed by atoms with van der Waals surface area (Å²) in [5.74, 6) is 0. The predicted octanol–water partition coefficient (Wildman–Crippen LogP) is 3.55. The molecule has 0 atom stereocenters. The number of hydrogen-bond acceptors (Lipinski definition) is 1. The van der Waals surface area contributed by atoms with Crippen LogP contribution in [0.1, 0.15) is 5.56 Å². The fourth-order valence-electron chi connectivity index (χ4n) is 2.46. The molecule has 3 aromatic rings. The van der Waals surface area contributed by atoms with Gasteiger partial charge in [0.05, 0.1) is 0 Å². The third-order valence-corrected chi connectivity index (χ3v) is 3.57. The fourth-order valence-corrected chi connectivity index (χ4v) is 2.46. The normalized spacial score (nSPS) is 10.5. The van der Waals surface area contributed by atoms with Gasteiger partial charge in [-0.25, -0.2) is 4.57 Å². The van der Waals surface area contributed by atoms with E-state index in [2.05, 4.69) is 66.1 Å². The zero-order valence-corrected chi connectivity index (χ0v) is 11.7. The number of aromatic nitrogens is 2. The Hall–Kier alpha value is -2.48. The highest BCUT2D eigenvalue weighted by molar-refractivity contribution is 5.65. The van der Waals surface area contributed by atoms with Crippen LogP contribution in [0.2, 0.25) is 0 Å². The van der Waals surface area contributed by atoms with Crippen molar-refractivity contribution in [3.8, 4) is 22.4 Å². The Balaban J connectivity index is 2.07. The molecule has 0 radical (unpaired) electrons. The van der Waals surface area contributed by atoms with Gasteiger partial charge in [-0.1, -0.05) is 18.2 Å². The summed E-state index contributed by atoms with van der Waals surface area (Å²) in [6.07, 6.45) is 5.81. The first-order chi connectivity index (χ1) is 9.75. The van der Waals surface area contributed by atoms with E-state index in [1.807, 2.05) is 24.5 Å². The van der Waals surface area contributed by atoms with E-state index < -0.39 is 0 Å². The highest BCUT2D eigenvalue weighted by Crippen LogP contribution is 2.22. The van der Waals surface area contributed by atoms with Gasteiger partial charge in [-0.15, -0.1) is 0 Å². The molecule has 2 aromatic heterocycles. The molecular weight excluding hydrogens is 244 g/mol. The lowest BCUT2D eigenvalue weighted by atomic mass is 10.0. The fraction of sp³-hybridized carbons (Fsp3) is 0.111.